The van der Waals surface area contributed by atoms with Gasteiger partial charge in [0.25, 0.3) is 0 Å². The maximum Gasteiger partial charge on any atom is 0.416 e. The Bertz CT molecular complexity index is 830. The van der Waals surface area contributed by atoms with Crippen molar-refractivity contribution in [1.29, 1.82) is 0 Å². The van der Waals surface area contributed by atoms with Gasteiger partial charge in [-0.25, -0.2) is 9.18 Å². The zero-order chi connectivity index (χ0) is 18.9. The lowest BCUT2D eigenvalue weighted by Crippen LogP contribution is -2.22. The lowest BCUT2D eigenvalue weighted by molar-refractivity contribution is -0.139. The largest absolute Gasteiger partial charge is 0.462 e. The van der Waals surface area contributed by atoms with Crippen LogP contribution in [-0.4, -0.2) is 19.2 Å². The van der Waals surface area contributed by atoms with E-state index in [1.165, 1.54) is 30.3 Å². The molecule has 7 heteroatoms. The van der Waals surface area contributed by atoms with Crippen LogP contribution >= 0.6 is 0 Å². The zero-order valence-corrected chi connectivity index (χ0v) is 13.9. The van der Waals surface area contributed by atoms with Crippen molar-refractivity contribution in [1.82, 2.24) is 0 Å². The molecule has 2 aromatic rings. The van der Waals surface area contributed by atoms with E-state index < -0.39 is 29.6 Å². The van der Waals surface area contributed by atoms with Crippen LogP contribution in [0.4, 0.5) is 17.6 Å². The second-order valence-corrected chi connectivity index (χ2v) is 5.84. The summed E-state index contributed by atoms with van der Waals surface area (Å²) in [4.78, 5) is 11.9. The molecule has 1 aliphatic heterocycles. The predicted molar refractivity (Wildman–Crippen MR) is 85.3 cm³/mol. The van der Waals surface area contributed by atoms with E-state index in [2.05, 4.69) is 0 Å². The fourth-order valence-corrected chi connectivity index (χ4v) is 3.07. The van der Waals surface area contributed by atoms with Gasteiger partial charge in [0.1, 0.15) is 11.9 Å². The Balaban J connectivity index is 2.13. The van der Waals surface area contributed by atoms with Crippen LogP contribution in [0.25, 0.3) is 0 Å². The number of benzene rings is 2. The molecule has 0 radical (unpaired) electrons. The average molecular weight is 368 g/mol. The first-order chi connectivity index (χ1) is 12.3. The summed E-state index contributed by atoms with van der Waals surface area (Å²) in [6.45, 7) is 1.80. The Labute approximate surface area is 147 Å². The zero-order valence-electron chi connectivity index (χ0n) is 13.9. The second kappa shape index (κ2) is 7.07. The molecular formula is C19H16F4O3. The topological polar surface area (TPSA) is 35.5 Å². The Morgan fingerprint density at radius 1 is 1.23 bits per heavy atom. The van der Waals surface area contributed by atoms with Crippen molar-refractivity contribution in [2.45, 2.75) is 25.6 Å². The molecule has 0 saturated carbocycles. The van der Waals surface area contributed by atoms with Crippen molar-refractivity contribution < 1.29 is 31.8 Å². The Morgan fingerprint density at radius 3 is 2.65 bits per heavy atom. The first kappa shape index (κ1) is 18.4. The maximum absolute atomic E-state index is 14.2. The third-order valence-electron chi connectivity index (χ3n) is 4.21. The van der Waals surface area contributed by atoms with Crippen molar-refractivity contribution in [2.75, 3.05) is 13.2 Å². The molecule has 0 spiro atoms. The van der Waals surface area contributed by atoms with Gasteiger partial charge in [0.2, 0.25) is 0 Å². The van der Waals surface area contributed by atoms with Crippen LogP contribution in [0.5, 0.6) is 0 Å². The van der Waals surface area contributed by atoms with Gasteiger partial charge in [0.15, 0.2) is 0 Å². The smallest absolute Gasteiger partial charge is 0.416 e. The minimum atomic E-state index is -4.55. The summed E-state index contributed by atoms with van der Waals surface area (Å²) >= 11 is 0. The fraction of sp³-hybridized carbons (Fsp3) is 0.316. The first-order valence-corrected chi connectivity index (χ1v) is 8.10. The Morgan fingerprint density at radius 2 is 1.96 bits per heavy atom. The molecule has 3 rings (SSSR count). The number of esters is 1. The van der Waals surface area contributed by atoms with Gasteiger partial charge in [0, 0.05) is 0 Å². The van der Waals surface area contributed by atoms with Crippen LogP contribution in [0.15, 0.2) is 36.4 Å². The third-order valence-corrected chi connectivity index (χ3v) is 4.21. The van der Waals surface area contributed by atoms with E-state index >= 15 is 0 Å². The standard InChI is InChI=1S/C19H16F4O3/c1-2-25-18(24)14-10-13-11(9-16(14)20)7-8-26-17(13)12-5-3-4-6-15(12)19(21,22)23/h3-6,9-10,17H,2,7-8H2,1H3. The molecule has 2 aromatic carbocycles. The van der Waals surface area contributed by atoms with Crippen LogP contribution in [0, 0.1) is 5.82 Å². The number of fused-ring (bicyclic) bond motifs is 1. The molecule has 1 atom stereocenters. The molecule has 138 valence electrons. The number of hydrogen-bond acceptors (Lipinski definition) is 3. The molecule has 0 aliphatic carbocycles. The molecule has 1 heterocycles. The minimum absolute atomic E-state index is 0.0617. The van der Waals surface area contributed by atoms with Crippen molar-refractivity contribution in [3.8, 4) is 0 Å². The summed E-state index contributed by atoms with van der Waals surface area (Å²) in [6, 6.07) is 7.49. The molecule has 0 saturated heterocycles. The van der Waals surface area contributed by atoms with Crippen molar-refractivity contribution in [3.63, 3.8) is 0 Å². The normalized spacial score (nSPS) is 16.9. The number of carbonyl (C=O) groups excluding carboxylic acids is 1. The van der Waals surface area contributed by atoms with Gasteiger partial charge in [-0.3, -0.25) is 0 Å². The number of ether oxygens (including phenoxy) is 2. The van der Waals surface area contributed by atoms with Crippen LogP contribution < -0.4 is 0 Å². The molecule has 0 N–H and O–H groups in total. The second-order valence-electron chi connectivity index (χ2n) is 5.84. The van der Waals surface area contributed by atoms with Gasteiger partial charge in [-0.1, -0.05) is 18.2 Å². The lowest BCUT2D eigenvalue weighted by Gasteiger charge is -2.29. The Kier molecular flexibility index (Phi) is 5.00. The quantitative estimate of drug-likeness (QED) is 0.583. The average Bonchev–Trinajstić information content (AvgIpc) is 2.60. The number of rotatable bonds is 3. The number of carbonyl (C=O) groups is 1. The highest BCUT2D eigenvalue weighted by Crippen LogP contribution is 2.41. The van der Waals surface area contributed by atoms with E-state index in [1.54, 1.807) is 6.92 Å². The summed E-state index contributed by atoms with van der Waals surface area (Å²) in [5.41, 5.74) is -0.339. The minimum Gasteiger partial charge on any atom is -0.462 e. The number of hydrogen-bond donors (Lipinski definition) is 0. The molecule has 0 aromatic heterocycles. The highest BCUT2D eigenvalue weighted by Gasteiger charge is 2.37. The summed E-state index contributed by atoms with van der Waals surface area (Å²) in [6.07, 6.45) is -5.24. The molecular weight excluding hydrogens is 352 g/mol. The first-order valence-electron chi connectivity index (χ1n) is 8.10. The summed E-state index contributed by atoms with van der Waals surface area (Å²) in [7, 11) is 0. The summed E-state index contributed by atoms with van der Waals surface area (Å²) in [5, 5.41) is 0. The van der Waals surface area contributed by atoms with Gasteiger partial charge >= 0.3 is 12.1 Å². The highest BCUT2D eigenvalue weighted by atomic mass is 19.4. The maximum atomic E-state index is 14.2. The fourth-order valence-electron chi connectivity index (χ4n) is 3.07. The number of alkyl halides is 3. The molecule has 26 heavy (non-hydrogen) atoms. The van der Waals surface area contributed by atoms with Gasteiger partial charge in [-0.15, -0.1) is 0 Å². The third kappa shape index (κ3) is 3.44. The number of halogens is 4. The van der Waals surface area contributed by atoms with Crippen LogP contribution in [-0.2, 0) is 22.1 Å². The molecule has 1 unspecified atom stereocenters. The Hall–Kier alpha value is -2.41. The predicted octanol–water partition coefficient (Wildman–Crippen LogP) is 4.68. The van der Waals surface area contributed by atoms with Gasteiger partial charge in [0.05, 0.1) is 24.3 Å². The van der Waals surface area contributed by atoms with E-state index in [4.69, 9.17) is 9.47 Å². The van der Waals surface area contributed by atoms with Gasteiger partial charge in [-0.05, 0) is 48.2 Å². The lowest BCUT2D eigenvalue weighted by atomic mass is 9.89. The van der Waals surface area contributed by atoms with Crippen molar-refractivity contribution >= 4 is 5.97 Å². The van der Waals surface area contributed by atoms with E-state index in [1.807, 2.05) is 0 Å². The van der Waals surface area contributed by atoms with Crippen molar-refractivity contribution in [2.24, 2.45) is 0 Å². The molecule has 3 nitrogen and oxygen atoms in total. The van der Waals surface area contributed by atoms with Gasteiger partial charge < -0.3 is 9.47 Å². The van der Waals surface area contributed by atoms with Crippen molar-refractivity contribution in [3.05, 3.63) is 70.0 Å². The van der Waals surface area contributed by atoms with E-state index in [-0.39, 0.29) is 24.3 Å². The monoisotopic (exact) mass is 368 g/mol. The van der Waals surface area contributed by atoms with Crippen LogP contribution in [0.2, 0.25) is 0 Å². The summed E-state index contributed by atoms with van der Waals surface area (Å²) in [5.74, 6) is -1.62. The molecule has 1 aliphatic rings. The van der Waals surface area contributed by atoms with Crippen LogP contribution in [0.3, 0.4) is 0 Å². The van der Waals surface area contributed by atoms with E-state index in [0.29, 0.717) is 17.5 Å². The molecule has 0 bridgehead atoms. The van der Waals surface area contributed by atoms with E-state index in [9.17, 15) is 22.4 Å². The SMILES string of the molecule is CCOC(=O)c1cc2c(cc1F)CCOC2c1ccccc1C(F)(F)F. The summed E-state index contributed by atoms with van der Waals surface area (Å²) < 4.78 is 64.7. The molecule has 0 fully saturated rings. The van der Waals surface area contributed by atoms with E-state index in [0.717, 1.165) is 6.07 Å². The van der Waals surface area contributed by atoms with Gasteiger partial charge in [-0.2, -0.15) is 13.2 Å². The van der Waals surface area contributed by atoms with Crippen LogP contribution in [0.1, 0.15) is 45.6 Å². The highest BCUT2D eigenvalue weighted by molar-refractivity contribution is 5.90. The molecule has 0 amide bonds.